The van der Waals surface area contributed by atoms with Crippen LogP contribution in [0.3, 0.4) is 0 Å². The lowest BCUT2D eigenvalue weighted by Gasteiger charge is -2.40. The number of piperidine rings is 1. The maximum absolute atomic E-state index is 6.56. The Labute approximate surface area is 127 Å². The minimum Gasteiger partial charge on any atom is -0.497 e. The molecule has 3 atom stereocenters. The van der Waals surface area contributed by atoms with E-state index in [0.29, 0.717) is 12.1 Å². The zero-order valence-electron chi connectivity index (χ0n) is 13.4. The van der Waals surface area contributed by atoms with Gasteiger partial charge in [0.2, 0.25) is 0 Å². The summed E-state index contributed by atoms with van der Waals surface area (Å²) in [5.41, 5.74) is 9.21. The number of ether oxygens (including phenoxy) is 1. The Bertz CT molecular complexity index is 503. The van der Waals surface area contributed by atoms with Gasteiger partial charge in [-0.1, -0.05) is 6.07 Å². The van der Waals surface area contributed by atoms with E-state index in [4.69, 9.17) is 10.5 Å². The van der Waals surface area contributed by atoms with Crippen LogP contribution in [0.2, 0.25) is 0 Å². The van der Waals surface area contributed by atoms with Gasteiger partial charge >= 0.3 is 0 Å². The first kappa shape index (κ1) is 14.8. The van der Waals surface area contributed by atoms with Crippen LogP contribution in [0, 0.1) is 0 Å². The first-order valence-corrected chi connectivity index (χ1v) is 7.93. The number of hydrogen-bond acceptors (Lipinski definition) is 4. The summed E-state index contributed by atoms with van der Waals surface area (Å²) in [6, 6.07) is 7.55. The lowest BCUT2D eigenvalue weighted by molar-refractivity contribution is 0.0891. The molecule has 1 aromatic rings. The molecular formula is C17H27N3O. The van der Waals surface area contributed by atoms with Crippen LogP contribution in [0.15, 0.2) is 18.2 Å². The van der Waals surface area contributed by atoms with Crippen molar-refractivity contribution >= 4 is 0 Å². The second-order valence-corrected chi connectivity index (χ2v) is 6.62. The van der Waals surface area contributed by atoms with Crippen molar-refractivity contribution in [2.24, 2.45) is 5.73 Å². The topological polar surface area (TPSA) is 41.7 Å². The summed E-state index contributed by atoms with van der Waals surface area (Å²) in [6.45, 7) is 2.31. The van der Waals surface area contributed by atoms with Crippen LogP contribution < -0.4 is 10.5 Å². The molecule has 2 N–H and O–H groups in total. The van der Waals surface area contributed by atoms with Gasteiger partial charge in [0.05, 0.1) is 7.11 Å². The van der Waals surface area contributed by atoms with E-state index in [1.165, 1.54) is 30.5 Å². The molecule has 21 heavy (non-hydrogen) atoms. The predicted octanol–water partition coefficient (Wildman–Crippen LogP) is 1.65. The molecule has 1 aliphatic heterocycles. The Morgan fingerprint density at radius 2 is 2.14 bits per heavy atom. The van der Waals surface area contributed by atoms with E-state index < -0.39 is 0 Å². The van der Waals surface area contributed by atoms with Crippen LogP contribution in [0.1, 0.15) is 30.0 Å². The third-order valence-corrected chi connectivity index (χ3v) is 5.18. The summed E-state index contributed by atoms with van der Waals surface area (Å²) >= 11 is 0. The number of nitrogens with two attached hydrogens (primary N) is 1. The molecular weight excluding hydrogens is 262 g/mol. The number of likely N-dealkylation sites (tertiary alicyclic amines) is 1. The third-order valence-electron chi connectivity index (χ3n) is 5.18. The molecule has 0 radical (unpaired) electrons. The summed E-state index contributed by atoms with van der Waals surface area (Å²) in [5, 5.41) is 0. The first-order valence-electron chi connectivity index (χ1n) is 7.93. The van der Waals surface area contributed by atoms with Gasteiger partial charge in [-0.15, -0.1) is 0 Å². The molecule has 116 valence electrons. The Morgan fingerprint density at radius 3 is 2.86 bits per heavy atom. The fourth-order valence-electron chi connectivity index (χ4n) is 3.82. The number of methoxy groups -OCH3 is 1. The van der Waals surface area contributed by atoms with Gasteiger partial charge in [-0.25, -0.2) is 0 Å². The van der Waals surface area contributed by atoms with Gasteiger partial charge in [-0.2, -0.15) is 0 Å². The molecule has 1 saturated heterocycles. The second kappa shape index (κ2) is 5.95. The van der Waals surface area contributed by atoms with E-state index in [1.807, 2.05) is 6.07 Å². The van der Waals surface area contributed by atoms with Gasteiger partial charge in [0.1, 0.15) is 5.75 Å². The van der Waals surface area contributed by atoms with Crippen molar-refractivity contribution in [1.82, 2.24) is 9.80 Å². The SMILES string of the molecule is COc1ccc2c(c1)C(N)C(N1CCCC(N(C)C)C1)C2. The minimum atomic E-state index is 0.107. The van der Waals surface area contributed by atoms with Crippen molar-refractivity contribution in [3.05, 3.63) is 29.3 Å². The van der Waals surface area contributed by atoms with Crippen LogP contribution in [0.5, 0.6) is 5.75 Å². The van der Waals surface area contributed by atoms with E-state index in [-0.39, 0.29) is 6.04 Å². The maximum Gasteiger partial charge on any atom is 0.119 e. The van der Waals surface area contributed by atoms with Gasteiger partial charge in [0.15, 0.2) is 0 Å². The lowest BCUT2D eigenvalue weighted by atomic mass is 10.00. The molecule has 1 heterocycles. The van der Waals surface area contributed by atoms with E-state index in [9.17, 15) is 0 Å². The van der Waals surface area contributed by atoms with E-state index in [1.54, 1.807) is 7.11 Å². The molecule has 1 aromatic carbocycles. The van der Waals surface area contributed by atoms with Crippen molar-refractivity contribution in [1.29, 1.82) is 0 Å². The van der Waals surface area contributed by atoms with Crippen LogP contribution in [-0.4, -0.2) is 56.2 Å². The van der Waals surface area contributed by atoms with E-state index in [0.717, 1.165) is 18.7 Å². The molecule has 1 fully saturated rings. The summed E-state index contributed by atoms with van der Waals surface area (Å²) in [5.74, 6) is 0.912. The fourth-order valence-corrected chi connectivity index (χ4v) is 3.82. The van der Waals surface area contributed by atoms with Crippen molar-refractivity contribution < 1.29 is 4.74 Å². The molecule has 0 bridgehead atoms. The molecule has 4 nitrogen and oxygen atoms in total. The zero-order valence-corrected chi connectivity index (χ0v) is 13.4. The van der Waals surface area contributed by atoms with Crippen LogP contribution >= 0.6 is 0 Å². The number of fused-ring (bicyclic) bond motifs is 1. The average Bonchev–Trinajstić information content (AvgIpc) is 2.84. The number of nitrogens with zero attached hydrogens (tertiary/aromatic N) is 2. The van der Waals surface area contributed by atoms with E-state index >= 15 is 0 Å². The highest BCUT2D eigenvalue weighted by Gasteiger charge is 2.36. The number of hydrogen-bond donors (Lipinski definition) is 1. The summed E-state index contributed by atoms with van der Waals surface area (Å²) in [7, 11) is 6.08. The van der Waals surface area contributed by atoms with Crippen molar-refractivity contribution in [3.8, 4) is 5.75 Å². The standard InChI is InChI=1S/C17H27N3O/c1-19(2)13-5-4-8-20(11-13)16-9-12-6-7-14(21-3)10-15(12)17(16)18/h6-7,10,13,16-17H,4-5,8-9,11,18H2,1-3H3. The molecule has 0 amide bonds. The predicted molar refractivity (Wildman–Crippen MR) is 85.7 cm³/mol. The zero-order chi connectivity index (χ0) is 15.0. The van der Waals surface area contributed by atoms with Crippen molar-refractivity contribution in [2.75, 3.05) is 34.3 Å². The normalized spacial score (nSPS) is 29.7. The largest absolute Gasteiger partial charge is 0.497 e. The maximum atomic E-state index is 6.56. The third kappa shape index (κ3) is 2.80. The van der Waals surface area contributed by atoms with Gasteiger partial charge in [0, 0.05) is 24.7 Å². The fraction of sp³-hybridized carbons (Fsp3) is 0.647. The molecule has 3 rings (SSSR count). The molecule has 0 saturated carbocycles. The van der Waals surface area contributed by atoms with Crippen LogP contribution in [-0.2, 0) is 6.42 Å². The highest BCUT2D eigenvalue weighted by atomic mass is 16.5. The molecule has 4 heteroatoms. The van der Waals surface area contributed by atoms with Gasteiger partial charge in [-0.05, 0) is 63.2 Å². The average molecular weight is 289 g/mol. The Kier molecular flexibility index (Phi) is 4.20. The molecule has 0 spiro atoms. The molecule has 0 aromatic heterocycles. The highest BCUT2D eigenvalue weighted by Crippen LogP contribution is 2.36. The Balaban J connectivity index is 1.76. The Hall–Kier alpha value is -1.10. The summed E-state index contributed by atoms with van der Waals surface area (Å²) in [6.07, 6.45) is 3.64. The first-order chi connectivity index (χ1) is 10.1. The molecule has 1 aliphatic carbocycles. The lowest BCUT2D eigenvalue weighted by Crippen LogP contribution is -2.51. The molecule has 2 aliphatic rings. The van der Waals surface area contributed by atoms with Crippen LogP contribution in [0.4, 0.5) is 0 Å². The van der Waals surface area contributed by atoms with Crippen LogP contribution in [0.25, 0.3) is 0 Å². The number of rotatable bonds is 3. The van der Waals surface area contributed by atoms with Crippen molar-refractivity contribution in [3.63, 3.8) is 0 Å². The number of benzene rings is 1. The van der Waals surface area contributed by atoms with Gasteiger partial charge in [-0.3, -0.25) is 4.90 Å². The van der Waals surface area contributed by atoms with E-state index in [2.05, 4.69) is 36.0 Å². The monoisotopic (exact) mass is 289 g/mol. The second-order valence-electron chi connectivity index (χ2n) is 6.62. The van der Waals surface area contributed by atoms with Gasteiger partial charge in [0.25, 0.3) is 0 Å². The number of likely N-dealkylation sites (N-methyl/N-ethyl adjacent to an activating group) is 1. The summed E-state index contributed by atoms with van der Waals surface area (Å²) < 4.78 is 5.34. The molecule has 3 unspecified atom stereocenters. The summed E-state index contributed by atoms with van der Waals surface area (Å²) in [4.78, 5) is 4.95. The highest BCUT2D eigenvalue weighted by molar-refractivity contribution is 5.42. The smallest absolute Gasteiger partial charge is 0.119 e. The Morgan fingerprint density at radius 1 is 1.33 bits per heavy atom. The minimum absolute atomic E-state index is 0.107. The quantitative estimate of drug-likeness (QED) is 0.918. The van der Waals surface area contributed by atoms with Crippen molar-refractivity contribution in [2.45, 2.75) is 37.4 Å². The van der Waals surface area contributed by atoms with Gasteiger partial charge < -0.3 is 15.4 Å².